The molecule has 0 aliphatic carbocycles. The van der Waals surface area contributed by atoms with Crippen LogP contribution >= 0.6 is 0 Å². The SMILES string of the molecule is CCCC(CN1CCN(C)CC1)CN1CCN(C)CC1. The van der Waals surface area contributed by atoms with E-state index < -0.39 is 0 Å². The fourth-order valence-corrected chi connectivity index (χ4v) is 3.44. The Morgan fingerprint density at radius 2 is 1.10 bits per heavy atom. The fraction of sp³-hybridized carbons (Fsp3) is 1.00. The van der Waals surface area contributed by atoms with Gasteiger partial charge in [-0.25, -0.2) is 0 Å². The zero-order valence-electron chi connectivity index (χ0n) is 13.9. The number of rotatable bonds is 6. The molecule has 0 saturated carbocycles. The molecule has 0 atom stereocenters. The first-order valence-corrected chi connectivity index (χ1v) is 8.49. The molecule has 0 aromatic rings. The van der Waals surface area contributed by atoms with Gasteiger partial charge in [0.2, 0.25) is 0 Å². The van der Waals surface area contributed by atoms with Crippen molar-refractivity contribution in [1.82, 2.24) is 19.6 Å². The van der Waals surface area contributed by atoms with Gasteiger partial charge in [-0.1, -0.05) is 13.3 Å². The van der Waals surface area contributed by atoms with Gasteiger partial charge in [0, 0.05) is 65.4 Å². The Kier molecular flexibility index (Phi) is 6.75. The van der Waals surface area contributed by atoms with Crippen molar-refractivity contribution in [2.24, 2.45) is 5.92 Å². The van der Waals surface area contributed by atoms with Crippen molar-refractivity contribution < 1.29 is 0 Å². The van der Waals surface area contributed by atoms with Crippen molar-refractivity contribution >= 4 is 0 Å². The summed E-state index contributed by atoms with van der Waals surface area (Å²) < 4.78 is 0. The number of piperazine rings is 2. The Morgan fingerprint density at radius 3 is 1.45 bits per heavy atom. The largest absolute Gasteiger partial charge is 0.304 e. The molecule has 0 amide bonds. The van der Waals surface area contributed by atoms with Crippen LogP contribution in [0.1, 0.15) is 19.8 Å². The molecule has 20 heavy (non-hydrogen) atoms. The van der Waals surface area contributed by atoms with Gasteiger partial charge in [0.1, 0.15) is 0 Å². The van der Waals surface area contributed by atoms with Gasteiger partial charge in [0.05, 0.1) is 0 Å². The highest BCUT2D eigenvalue weighted by molar-refractivity contribution is 4.77. The topological polar surface area (TPSA) is 13.0 Å². The van der Waals surface area contributed by atoms with Gasteiger partial charge in [-0.3, -0.25) is 0 Å². The average Bonchev–Trinajstić information content (AvgIpc) is 2.44. The molecular formula is C16H34N4. The monoisotopic (exact) mass is 282 g/mol. The predicted molar refractivity (Wildman–Crippen MR) is 86.3 cm³/mol. The molecule has 118 valence electrons. The highest BCUT2D eigenvalue weighted by atomic mass is 15.3. The predicted octanol–water partition coefficient (Wildman–Crippen LogP) is 0.898. The Bertz CT molecular complexity index is 231. The summed E-state index contributed by atoms with van der Waals surface area (Å²) in [6.45, 7) is 15.0. The van der Waals surface area contributed by atoms with E-state index in [0.717, 1.165) is 5.92 Å². The lowest BCUT2D eigenvalue weighted by atomic mass is 10.0. The highest BCUT2D eigenvalue weighted by Crippen LogP contribution is 2.14. The van der Waals surface area contributed by atoms with Gasteiger partial charge in [-0.15, -0.1) is 0 Å². The summed E-state index contributed by atoms with van der Waals surface area (Å²) in [6.07, 6.45) is 2.71. The zero-order valence-corrected chi connectivity index (χ0v) is 13.9. The molecule has 2 aliphatic rings. The molecule has 4 heteroatoms. The molecule has 0 spiro atoms. The lowest BCUT2D eigenvalue weighted by Gasteiger charge is -2.38. The minimum atomic E-state index is 0.867. The van der Waals surface area contributed by atoms with Gasteiger partial charge in [0.15, 0.2) is 0 Å². The number of likely N-dealkylation sites (N-methyl/N-ethyl adjacent to an activating group) is 2. The summed E-state index contributed by atoms with van der Waals surface area (Å²) in [7, 11) is 4.48. The third kappa shape index (κ3) is 5.32. The summed E-state index contributed by atoms with van der Waals surface area (Å²) in [5.41, 5.74) is 0. The fourth-order valence-electron chi connectivity index (χ4n) is 3.44. The summed E-state index contributed by atoms with van der Waals surface area (Å²) in [4.78, 5) is 10.3. The Labute approximate surface area is 125 Å². The molecule has 0 aromatic heterocycles. The van der Waals surface area contributed by atoms with Crippen molar-refractivity contribution in [3.8, 4) is 0 Å². The van der Waals surface area contributed by atoms with Gasteiger partial charge < -0.3 is 19.6 Å². The van der Waals surface area contributed by atoms with E-state index in [1.165, 1.54) is 78.3 Å². The van der Waals surface area contributed by atoms with Crippen LogP contribution in [0.3, 0.4) is 0 Å². The van der Waals surface area contributed by atoms with Gasteiger partial charge >= 0.3 is 0 Å². The number of nitrogens with zero attached hydrogens (tertiary/aromatic N) is 4. The molecule has 0 aromatic carbocycles. The second-order valence-electron chi connectivity index (χ2n) is 6.86. The average molecular weight is 282 g/mol. The van der Waals surface area contributed by atoms with Crippen molar-refractivity contribution in [3.63, 3.8) is 0 Å². The summed E-state index contributed by atoms with van der Waals surface area (Å²) in [6, 6.07) is 0. The Morgan fingerprint density at radius 1 is 0.700 bits per heavy atom. The van der Waals surface area contributed by atoms with E-state index in [2.05, 4.69) is 40.6 Å². The third-order valence-electron chi connectivity index (χ3n) is 4.92. The van der Waals surface area contributed by atoms with Crippen LogP contribution in [0.15, 0.2) is 0 Å². The van der Waals surface area contributed by atoms with E-state index in [1.54, 1.807) is 0 Å². The van der Waals surface area contributed by atoms with Crippen molar-refractivity contribution in [3.05, 3.63) is 0 Å². The van der Waals surface area contributed by atoms with Gasteiger partial charge in [-0.05, 0) is 26.4 Å². The van der Waals surface area contributed by atoms with Crippen LogP contribution < -0.4 is 0 Å². The summed E-state index contributed by atoms with van der Waals surface area (Å²) in [5, 5.41) is 0. The molecule has 0 radical (unpaired) electrons. The van der Waals surface area contributed by atoms with Crippen molar-refractivity contribution in [2.75, 3.05) is 79.5 Å². The van der Waals surface area contributed by atoms with E-state index in [-0.39, 0.29) is 0 Å². The highest BCUT2D eigenvalue weighted by Gasteiger charge is 2.21. The van der Waals surface area contributed by atoms with Crippen LogP contribution in [0.5, 0.6) is 0 Å². The standard InChI is InChI=1S/C16H34N4/c1-4-5-16(14-19-10-6-17(2)7-11-19)15-20-12-8-18(3)9-13-20/h16H,4-15H2,1-3H3. The van der Waals surface area contributed by atoms with E-state index in [4.69, 9.17) is 0 Å². The maximum absolute atomic E-state index is 2.69. The lowest BCUT2D eigenvalue weighted by molar-refractivity contribution is 0.0972. The molecule has 4 nitrogen and oxygen atoms in total. The van der Waals surface area contributed by atoms with E-state index in [0.29, 0.717) is 0 Å². The summed E-state index contributed by atoms with van der Waals surface area (Å²) in [5.74, 6) is 0.867. The van der Waals surface area contributed by atoms with Crippen LogP contribution in [0.2, 0.25) is 0 Å². The number of hydrogen-bond donors (Lipinski definition) is 0. The minimum absolute atomic E-state index is 0.867. The molecule has 2 rings (SSSR count). The maximum atomic E-state index is 2.69. The minimum Gasteiger partial charge on any atom is -0.304 e. The van der Waals surface area contributed by atoms with Gasteiger partial charge in [0.25, 0.3) is 0 Å². The lowest BCUT2D eigenvalue weighted by Crippen LogP contribution is -2.49. The molecular weight excluding hydrogens is 248 g/mol. The molecule has 0 unspecified atom stereocenters. The maximum Gasteiger partial charge on any atom is 0.0110 e. The normalized spacial score (nSPS) is 24.6. The molecule has 0 N–H and O–H groups in total. The first-order valence-electron chi connectivity index (χ1n) is 8.49. The van der Waals surface area contributed by atoms with Crippen LogP contribution in [-0.4, -0.2) is 99.1 Å². The van der Waals surface area contributed by atoms with E-state index in [9.17, 15) is 0 Å². The van der Waals surface area contributed by atoms with E-state index >= 15 is 0 Å². The van der Waals surface area contributed by atoms with Crippen molar-refractivity contribution in [1.29, 1.82) is 0 Å². The van der Waals surface area contributed by atoms with Crippen LogP contribution in [-0.2, 0) is 0 Å². The quantitative estimate of drug-likeness (QED) is 0.717. The third-order valence-corrected chi connectivity index (χ3v) is 4.92. The molecule has 2 heterocycles. The molecule has 2 saturated heterocycles. The second-order valence-corrected chi connectivity index (χ2v) is 6.86. The zero-order chi connectivity index (χ0) is 14.4. The molecule has 2 fully saturated rings. The Hall–Kier alpha value is -0.160. The first-order chi connectivity index (χ1) is 9.67. The number of hydrogen-bond acceptors (Lipinski definition) is 4. The second kappa shape index (κ2) is 8.32. The van der Waals surface area contributed by atoms with Gasteiger partial charge in [-0.2, -0.15) is 0 Å². The summed E-state index contributed by atoms with van der Waals surface area (Å²) >= 11 is 0. The molecule has 0 bridgehead atoms. The smallest absolute Gasteiger partial charge is 0.0110 e. The van der Waals surface area contributed by atoms with Crippen LogP contribution in [0.25, 0.3) is 0 Å². The van der Waals surface area contributed by atoms with E-state index in [1.807, 2.05) is 0 Å². The van der Waals surface area contributed by atoms with Crippen LogP contribution in [0, 0.1) is 5.92 Å². The van der Waals surface area contributed by atoms with Crippen LogP contribution in [0.4, 0.5) is 0 Å². The Balaban J connectivity index is 1.74. The first kappa shape index (κ1) is 16.2. The van der Waals surface area contributed by atoms with Crippen molar-refractivity contribution in [2.45, 2.75) is 19.8 Å². The molecule has 2 aliphatic heterocycles.